The van der Waals surface area contributed by atoms with Gasteiger partial charge in [-0.3, -0.25) is 0 Å². The summed E-state index contributed by atoms with van der Waals surface area (Å²) in [6.07, 6.45) is -2.07. The highest BCUT2D eigenvalue weighted by molar-refractivity contribution is 5.85. The molecular weight excluding hydrogens is 527 g/mol. The second kappa shape index (κ2) is 13.8. The number of piperidine rings is 1. The van der Waals surface area contributed by atoms with Crippen LogP contribution < -0.4 is 9.47 Å². The Morgan fingerprint density at radius 2 is 1.76 bits per heavy atom. The highest BCUT2D eigenvalue weighted by Gasteiger charge is 2.37. The molecule has 0 spiro atoms. The van der Waals surface area contributed by atoms with E-state index >= 15 is 0 Å². The third-order valence-electron chi connectivity index (χ3n) is 7.13. The summed E-state index contributed by atoms with van der Waals surface area (Å²) >= 11 is 0. The van der Waals surface area contributed by atoms with Crippen LogP contribution in [0.25, 0.3) is 0 Å². The maximum absolute atomic E-state index is 13.1. The Balaban J connectivity index is 0.00000253. The van der Waals surface area contributed by atoms with E-state index in [1.807, 2.05) is 12.1 Å². The molecule has 2 aliphatic rings. The molecule has 0 aromatic heterocycles. The highest BCUT2D eigenvalue weighted by Crippen LogP contribution is 2.38. The van der Waals surface area contributed by atoms with Gasteiger partial charge >= 0.3 is 6.18 Å². The van der Waals surface area contributed by atoms with Crippen molar-refractivity contribution in [3.05, 3.63) is 58.7 Å². The highest BCUT2D eigenvalue weighted by atomic mass is 35.5. The van der Waals surface area contributed by atoms with E-state index in [2.05, 4.69) is 4.90 Å². The summed E-state index contributed by atoms with van der Waals surface area (Å²) in [5, 5.41) is 11.0. The van der Waals surface area contributed by atoms with E-state index in [0.717, 1.165) is 30.5 Å². The lowest BCUT2D eigenvalue weighted by molar-refractivity contribution is -0.137. The molecule has 1 unspecified atom stereocenters. The normalized spacial score (nSPS) is 19.4. The molecule has 38 heavy (non-hydrogen) atoms. The largest absolute Gasteiger partial charge is 0.493 e. The van der Waals surface area contributed by atoms with E-state index in [0.29, 0.717) is 69.4 Å². The zero-order valence-corrected chi connectivity index (χ0v) is 22.5. The van der Waals surface area contributed by atoms with Crippen LogP contribution in [0.4, 0.5) is 13.2 Å². The van der Waals surface area contributed by atoms with Gasteiger partial charge < -0.3 is 34.4 Å². The first-order valence-electron chi connectivity index (χ1n) is 12.3. The van der Waals surface area contributed by atoms with E-state index in [9.17, 15) is 18.3 Å². The quantitative estimate of drug-likeness (QED) is 0.481. The lowest BCUT2D eigenvalue weighted by Gasteiger charge is -2.38. The van der Waals surface area contributed by atoms with E-state index in [1.54, 1.807) is 20.3 Å². The van der Waals surface area contributed by atoms with Gasteiger partial charge in [0, 0.05) is 26.2 Å². The molecular formula is C27H37ClF3NO6. The van der Waals surface area contributed by atoms with E-state index in [-0.39, 0.29) is 24.0 Å². The number of methoxy groups -OCH3 is 2. The second-order valence-electron chi connectivity index (χ2n) is 9.40. The molecule has 4 rings (SSSR count). The van der Waals surface area contributed by atoms with Crippen LogP contribution in [0.15, 0.2) is 36.4 Å². The zero-order chi connectivity index (χ0) is 25.8. The Morgan fingerprint density at radius 1 is 1.08 bits per heavy atom. The van der Waals surface area contributed by atoms with Crippen LogP contribution in [0.5, 0.6) is 11.5 Å². The van der Waals surface area contributed by atoms with Gasteiger partial charge in [0.1, 0.15) is 6.10 Å². The number of aryl methyl sites for hydroxylation is 1. The Bertz CT molecular complexity index is 1030. The second-order valence-corrected chi connectivity index (χ2v) is 9.40. The fourth-order valence-electron chi connectivity index (χ4n) is 4.97. The van der Waals surface area contributed by atoms with Gasteiger partial charge in [-0.25, -0.2) is 0 Å². The number of alkyl halides is 3. The molecule has 0 amide bonds. The average molecular weight is 564 g/mol. The molecule has 2 aromatic rings. The van der Waals surface area contributed by atoms with E-state index in [1.165, 1.54) is 11.6 Å². The fourth-order valence-corrected chi connectivity index (χ4v) is 4.97. The molecule has 0 radical (unpaired) electrons. The number of rotatable bonds is 8. The fraction of sp³-hybridized carbons (Fsp3) is 0.556. The topological polar surface area (TPSA) is 91.9 Å². The first-order valence-corrected chi connectivity index (χ1v) is 12.3. The van der Waals surface area contributed by atoms with Crippen molar-refractivity contribution in [2.75, 3.05) is 53.7 Å². The molecule has 2 heterocycles. The number of aliphatic hydroxyl groups is 1. The molecule has 214 valence electrons. The lowest BCUT2D eigenvalue weighted by Crippen LogP contribution is -2.43. The van der Waals surface area contributed by atoms with Crippen LogP contribution in [-0.4, -0.2) is 69.2 Å². The number of hydrogen-bond donors (Lipinski definition) is 1. The molecule has 0 saturated carbocycles. The number of benzene rings is 2. The maximum Gasteiger partial charge on any atom is 0.416 e. The van der Waals surface area contributed by atoms with Crippen molar-refractivity contribution < 1.29 is 42.7 Å². The van der Waals surface area contributed by atoms with Crippen LogP contribution in [0, 0.1) is 0 Å². The number of halogens is 4. The van der Waals surface area contributed by atoms with Crippen molar-refractivity contribution in [2.45, 2.75) is 43.6 Å². The smallest absolute Gasteiger partial charge is 0.416 e. The van der Waals surface area contributed by atoms with E-state index in [4.69, 9.17) is 18.9 Å². The summed E-state index contributed by atoms with van der Waals surface area (Å²) in [6, 6.07) is 9.00. The third-order valence-corrected chi connectivity index (χ3v) is 7.13. The molecule has 1 atom stereocenters. The van der Waals surface area contributed by atoms with Crippen LogP contribution >= 0.6 is 12.4 Å². The lowest BCUT2D eigenvalue weighted by atomic mass is 9.84. The predicted molar refractivity (Wildman–Crippen MR) is 139 cm³/mol. The first kappa shape index (κ1) is 32.1. The molecule has 2 aliphatic heterocycles. The Hall–Kier alpha value is -2.08. The Kier molecular flexibility index (Phi) is 11.7. The van der Waals surface area contributed by atoms with Gasteiger partial charge in [0.2, 0.25) is 0 Å². The van der Waals surface area contributed by atoms with Crippen molar-refractivity contribution >= 4 is 12.4 Å². The van der Waals surface area contributed by atoms with Gasteiger partial charge in [-0.15, -0.1) is 12.4 Å². The minimum Gasteiger partial charge on any atom is -0.493 e. The van der Waals surface area contributed by atoms with Crippen LogP contribution in [0.2, 0.25) is 0 Å². The molecule has 2 aromatic carbocycles. The summed E-state index contributed by atoms with van der Waals surface area (Å²) < 4.78 is 62.2. The SMILES string of the molecule is COc1cc2c(cc1OC)C(COCCN1CCC(O)(c3cccc(C(F)(F)F)c3)CC1)OCCC2.Cl.O. The van der Waals surface area contributed by atoms with Crippen LogP contribution in [-0.2, 0) is 27.7 Å². The summed E-state index contributed by atoms with van der Waals surface area (Å²) in [5.41, 5.74) is 0.557. The summed E-state index contributed by atoms with van der Waals surface area (Å²) in [4.78, 5) is 2.16. The molecule has 0 aliphatic carbocycles. The number of likely N-dealkylation sites (tertiary alicyclic amines) is 1. The monoisotopic (exact) mass is 563 g/mol. The molecule has 11 heteroatoms. The van der Waals surface area contributed by atoms with Gasteiger partial charge in [0.15, 0.2) is 11.5 Å². The number of nitrogens with zero attached hydrogens (tertiary/aromatic N) is 1. The van der Waals surface area contributed by atoms with Crippen molar-refractivity contribution in [1.82, 2.24) is 4.90 Å². The average Bonchev–Trinajstić information content (AvgIpc) is 3.08. The number of fused-ring (bicyclic) bond motifs is 1. The Morgan fingerprint density at radius 3 is 2.42 bits per heavy atom. The van der Waals surface area contributed by atoms with Crippen LogP contribution in [0.1, 0.15) is 47.6 Å². The zero-order valence-electron chi connectivity index (χ0n) is 21.7. The third kappa shape index (κ3) is 7.52. The first-order chi connectivity index (χ1) is 17.2. The van der Waals surface area contributed by atoms with Crippen molar-refractivity contribution in [1.29, 1.82) is 0 Å². The van der Waals surface area contributed by atoms with Gasteiger partial charge in [-0.1, -0.05) is 12.1 Å². The van der Waals surface area contributed by atoms with Crippen molar-refractivity contribution in [3.8, 4) is 11.5 Å². The molecule has 3 N–H and O–H groups in total. The summed E-state index contributed by atoms with van der Waals surface area (Å²) in [7, 11) is 3.24. The van der Waals surface area contributed by atoms with Gasteiger partial charge in [0.05, 0.1) is 38.6 Å². The van der Waals surface area contributed by atoms with Crippen molar-refractivity contribution in [2.24, 2.45) is 0 Å². The number of hydrogen-bond acceptors (Lipinski definition) is 6. The molecule has 1 fully saturated rings. The summed E-state index contributed by atoms with van der Waals surface area (Å²) in [5.74, 6) is 1.36. The summed E-state index contributed by atoms with van der Waals surface area (Å²) in [6.45, 7) is 3.37. The van der Waals surface area contributed by atoms with Gasteiger partial charge in [0.25, 0.3) is 0 Å². The van der Waals surface area contributed by atoms with Gasteiger partial charge in [-0.05, 0) is 66.6 Å². The van der Waals surface area contributed by atoms with E-state index < -0.39 is 17.3 Å². The van der Waals surface area contributed by atoms with Gasteiger partial charge in [-0.2, -0.15) is 13.2 Å². The molecule has 7 nitrogen and oxygen atoms in total. The molecule has 1 saturated heterocycles. The number of ether oxygens (including phenoxy) is 4. The minimum absolute atomic E-state index is 0. The predicted octanol–water partition coefficient (Wildman–Crippen LogP) is 4.32. The maximum atomic E-state index is 13.1. The van der Waals surface area contributed by atoms with Crippen molar-refractivity contribution in [3.63, 3.8) is 0 Å². The molecule has 0 bridgehead atoms. The Labute approximate surface area is 227 Å². The van der Waals surface area contributed by atoms with Crippen LogP contribution in [0.3, 0.4) is 0 Å². The standard InChI is InChI=1S/C27H34F3NO5.ClH.H2O/c1-33-23-15-19-5-4-13-36-25(22(19)17-24(23)34-2)18-35-14-12-31-10-8-26(32,9-11-31)20-6-3-7-21(16-20)27(28,29)30;;/h3,6-7,15-17,25,32H,4-5,8-14,18H2,1-2H3;1H;1H2. The minimum atomic E-state index is -4.43.